The molecule has 0 radical (unpaired) electrons. The molecule has 0 saturated carbocycles. The van der Waals surface area contributed by atoms with Gasteiger partial charge in [-0.25, -0.2) is 0 Å². The third-order valence-electron chi connectivity index (χ3n) is 4.89. The van der Waals surface area contributed by atoms with E-state index in [1.807, 2.05) is 35.4 Å². The Morgan fingerprint density at radius 2 is 1.68 bits per heavy atom. The predicted molar refractivity (Wildman–Crippen MR) is 124 cm³/mol. The van der Waals surface area contributed by atoms with Crippen LogP contribution in [-0.2, 0) is 17.6 Å². The van der Waals surface area contributed by atoms with E-state index in [0.29, 0.717) is 17.9 Å². The van der Waals surface area contributed by atoms with Crippen LogP contribution in [0, 0.1) is 0 Å². The first kappa shape index (κ1) is 22.8. The summed E-state index contributed by atoms with van der Waals surface area (Å²) in [5, 5.41) is 8.12. The number of carbonyl (C=O) groups excluding carboxylic acids is 1. The molecule has 4 aromatic rings. The number of hydrogen-bond donors (Lipinski definition) is 2. The highest BCUT2D eigenvalue weighted by atomic mass is 19.4. The molecule has 4 rings (SSSR count). The van der Waals surface area contributed by atoms with Gasteiger partial charge in [-0.1, -0.05) is 72.8 Å². The van der Waals surface area contributed by atoms with Crippen molar-refractivity contribution in [1.29, 1.82) is 0 Å². The summed E-state index contributed by atoms with van der Waals surface area (Å²) < 4.78 is 46.1. The van der Waals surface area contributed by atoms with Gasteiger partial charge in [-0.3, -0.25) is 9.89 Å². The van der Waals surface area contributed by atoms with Crippen molar-refractivity contribution in [2.45, 2.75) is 12.8 Å². The first-order chi connectivity index (χ1) is 16.4. The van der Waals surface area contributed by atoms with Gasteiger partial charge < -0.3 is 10.1 Å². The number of alkyl halides is 3. The molecule has 0 fully saturated rings. The van der Waals surface area contributed by atoms with E-state index in [2.05, 4.69) is 10.4 Å². The molecular formula is C26H20F3N3O2. The van der Waals surface area contributed by atoms with Crippen LogP contribution >= 0.6 is 0 Å². The standard InChI is InChI=1S/C26H20F3N3O2/c27-26(28,29)24-23(20-11-5-2-6-12-20)25(32-31-24)30-22(33)15-14-18-10-7-13-21(16-18)34-17-19-8-3-1-4-9-19/h1-16H,17H2,(H2,30,31,32,33)/b15-14+. The van der Waals surface area contributed by atoms with E-state index in [0.717, 1.165) is 5.56 Å². The van der Waals surface area contributed by atoms with Crippen molar-refractivity contribution in [3.05, 3.63) is 108 Å². The predicted octanol–water partition coefficient (Wildman–Crippen LogP) is 6.33. The topological polar surface area (TPSA) is 67.0 Å². The molecule has 0 aliphatic heterocycles. The summed E-state index contributed by atoms with van der Waals surface area (Å²) >= 11 is 0. The first-order valence-corrected chi connectivity index (χ1v) is 10.4. The molecule has 0 spiro atoms. The fourth-order valence-electron chi connectivity index (χ4n) is 3.30. The minimum absolute atomic E-state index is 0.201. The van der Waals surface area contributed by atoms with Crippen molar-refractivity contribution in [3.63, 3.8) is 0 Å². The van der Waals surface area contributed by atoms with Crippen LogP contribution in [-0.4, -0.2) is 16.1 Å². The molecule has 0 unspecified atom stereocenters. The molecule has 1 heterocycles. The van der Waals surface area contributed by atoms with E-state index in [1.54, 1.807) is 48.5 Å². The maximum Gasteiger partial charge on any atom is 0.433 e. The van der Waals surface area contributed by atoms with Crippen LogP contribution in [0.3, 0.4) is 0 Å². The quantitative estimate of drug-likeness (QED) is 0.315. The molecule has 172 valence electrons. The molecule has 3 aromatic carbocycles. The second-order valence-corrected chi connectivity index (χ2v) is 7.36. The first-order valence-electron chi connectivity index (χ1n) is 10.4. The zero-order valence-electron chi connectivity index (χ0n) is 17.8. The molecule has 34 heavy (non-hydrogen) atoms. The number of aromatic nitrogens is 2. The van der Waals surface area contributed by atoms with E-state index < -0.39 is 17.8 Å². The van der Waals surface area contributed by atoms with Crippen LogP contribution in [0.2, 0.25) is 0 Å². The monoisotopic (exact) mass is 463 g/mol. The smallest absolute Gasteiger partial charge is 0.433 e. The molecule has 0 atom stereocenters. The lowest BCUT2D eigenvalue weighted by molar-refractivity contribution is -0.140. The Kier molecular flexibility index (Phi) is 6.77. The van der Waals surface area contributed by atoms with Crippen molar-refractivity contribution >= 4 is 17.8 Å². The number of halogens is 3. The van der Waals surface area contributed by atoms with Crippen LogP contribution in [0.4, 0.5) is 19.0 Å². The Morgan fingerprint density at radius 1 is 0.971 bits per heavy atom. The largest absolute Gasteiger partial charge is 0.489 e. The molecule has 1 aromatic heterocycles. The number of aromatic amines is 1. The average Bonchev–Trinajstić information content (AvgIpc) is 3.27. The number of nitrogens with zero attached hydrogens (tertiary/aromatic N) is 1. The van der Waals surface area contributed by atoms with Gasteiger partial charge in [0.25, 0.3) is 0 Å². The zero-order chi connectivity index (χ0) is 24.0. The highest BCUT2D eigenvalue weighted by Crippen LogP contribution is 2.39. The summed E-state index contributed by atoms with van der Waals surface area (Å²) in [6.07, 6.45) is -1.88. The molecule has 1 amide bonds. The number of benzene rings is 3. The number of nitrogens with one attached hydrogen (secondary N) is 2. The lowest BCUT2D eigenvalue weighted by Gasteiger charge is -2.09. The van der Waals surface area contributed by atoms with E-state index in [1.165, 1.54) is 18.2 Å². The van der Waals surface area contributed by atoms with Gasteiger partial charge in [0.15, 0.2) is 5.82 Å². The van der Waals surface area contributed by atoms with Crippen LogP contribution in [0.15, 0.2) is 91.0 Å². The summed E-state index contributed by atoms with van der Waals surface area (Å²) in [5.74, 6) is -0.193. The van der Waals surface area contributed by atoms with E-state index in [4.69, 9.17) is 4.74 Å². The second-order valence-electron chi connectivity index (χ2n) is 7.36. The number of H-pyrrole nitrogens is 1. The Morgan fingerprint density at radius 3 is 2.38 bits per heavy atom. The summed E-state index contributed by atoms with van der Waals surface area (Å²) in [7, 11) is 0. The molecule has 8 heteroatoms. The van der Waals surface area contributed by atoms with E-state index in [9.17, 15) is 18.0 Å². The number of carbonyl (C=O) groups is 1. The molecule has 0 aliphatic rings. The van der Waals surface area contributed by atoms with Gasteiger partial charge in [0, 0.05) is 6.08 Å². The van der Waals surface area contributed by atoms with Gasteiger partial charge in [-0.05, 0) is 34.9 Å². The summed E-state index contributed by atoms with van der Waals surface area (Å²) in [4.78, 5) is 12.5. The Balaban J connectivity index is 1.47. The van der Waals surface area contributed by atoms with Crippen molar-refractivity contribution in [2.75, 3.05) is 5.32 Å². The molecule has 0 bridgehead atoms. The SMILES string of the molecule is O=C(/C=C/c1cccc(OCc2ccccc2)c1)Nc1n[nH]c(C(F)(F)F)c1-c1ccccc1. The van der Waals surface area contributed by atoms with Gasteiger partial charge in [-0.2, -0.15) is 18.3 Å². The maximum atomic E-state index is 13.5. The number of amides is 1. The van der Waals surface area contributed by atoms with E-state index >= 15 is 0 Å². The van der Waals surface area contributed by atoms with Gasteiger partial charge in [-0.15, -0.1) is 0 Å². The van der Waals surface area contributed by atoms with Gasteiger partial charge in [0.2, 0.25) is 5.91 Å². The fraction of sp³-hybridized carbons (Fsp3) is 0.0769. The minimum atomic E-state index is -4.66. The van der Waals surface area contributed by atoms with Crippen LogP contribution in [0.1, 0.15) is 16.8 Å². The molecule has 0 aliphatic carbocycles. The van der Waals surface area contributed by atoms with Gasteiger partial charge in [0.05, 0.1) is 5.56 Å². The highest BCUT2D eigenvalue weighted by molar-refractivity contribution is 6.03. The maximum absolute atomic E-state index is 13.5. The number of rotatable bonds is 7. The van der Waals surface area contributed by atoms with Gasteiger partial charge in [0.1, 0.15) is 18.1 Å². The average molecular weight is 463 g/mol. The van der Waals surface area contributed by atoms with Crippen molar-refractivity contribution in [1.82, 2.24) is 10.2 Å². The van der Waals surface area contributed by atoms with Crippen molar-refractivity contribution in [2.24, 2.45) is 0 Å². The van der Waals surface area contributed by atoms with E-state index in [-0.39, 0.29) is 16.9 Å². The third kappa shape index (κ3) is 5.72. The number of ether oxygens (including phenoxy) is 1. The number of anilines is 1. The zero-order valence-corrected chi connectivity index (χ0v) is 17.8. The molecule has 0 saturated heterocycles. The third-order valence-corrected chi connectivity index (χ3v) is 4.89. The molecular weight excluding hydrogens is 443 g/mol. The Hall–Kier alpha value is -4.33. The number of hydrogen-bond acceptors (Lipinski definition) is 3. The van der Waals surface area contributed by atoms with Crippen LogP contribution < -0.4 is 10.1 Å². The minimum Gasteiger partial charge on any atom is -0.489 e. The Labute approximate surface area is 193 Å². The van der Waals surface area contributed by atoms with Crippen LogP contribution in [0.5, 0.6) is 5.75 Å². The lowest BCUT2D eigenvalue weighted by Crippen LogP contribution is -2.10. The molecule has 5 nitrogen and oxygen atoms in total. The summed E-state index contributed by atoms with van der Waals surface area (Å²) in [5.41, 5.74) is 0.759. The second kappa shape index (κ2) is 10.1. The normalized spacial score (nSPS) is 11.5. The summed E-state index contributed by atoms with van der Waals surface area (Å²) in [6.45, 7) is 0.400. The fourth-order valence-corrected chi connectivity index (χ4v) is 3.30. The highest BCUT2D eigenvalue weighted by Gasteiger charge is 2.38. The molecule has 2 N–H and O–H groups in total. The van der Waals surface area contributed by atoms with Gasteiger partial charge >= 0.3 is 6.18 Å². The lowest BCUT2D eigenvalue weighted by atomic mass is 10.1. The van der Waals surface area contributed by atoms with Crippen LogP contribution in [0.25, 0.3) is 17.2 Å². The van der Waals surface area contributed by atoms with Crippen molar-refractivity contribution in [3.8, 4) is 16.9 Å². The van der Waals surface area contributed by atoms with Crippen molar-refractivity contribution < 1.29 is 22.7 Å². The Bertz CT molecular complexity index is 1280. The summed E-state index contributed by atoms with van der Waals surface area (Å²) in [6, 6.07) is 24.8.